The smallest absolute Gasteiger partial charge is 0.267 e. The van der Waals surface area contributed by atoms with Crippen molar-refractivity contribution >= 4 is 28.8 Å². The second-order valence-corrected chi connectivity index (χ2v) is 7.09. The van der Waals surface area contributed by atoms with E-state index in [0.717, 1.165) is 17.0 Å². The van der Waals surface area contributed by atoms with E-state index >= 15 is 0 Å². The van der Waals surface area contributed by atoms with Crippen LogP contribution in [-0.2, 0) is 0 Å². The Hall–Kier alpha value is -2.99. The predicted molar refractivity (Wildman–Crippen MR) is 109 cm³/mol. The number of hydrogen-bond donors (Lipinski definition) is 2. The summed E-state index contributed by atoms with van der Waals surface area (Å²) in [6.07, 6.45) is 0.888. The average molecular weight is 379 g/mol. The molecule has 0 saturated heterocycles. The third-order valence-electron chi connectivity index (χ3n) is 3.96. The van der Waals surface area contributed by atoms with Crippen LogP contribution >= 0.6 is 11.3 Å². The monoisotopic (exact) mass is 379 g/mol. The van der Waals surface area contributed by atoms with Gasteiger partial charge in [0.1, 0.15) is 9.88 Å². The van der Waals surface area contributed by atoms with Crippen molar-refractivity contribution in [2.45, 2.75) is 20.3 Å². The minimum absolute atomic E-state index is 0.111. The van der Waals surface area contributed by atoms with Crippen LogP contribution in [0, 0.1) is 6.92 Å². The van der Waals surface area contributed by atoms with Crippen LogP contribution in [0.1, 0.15) is 39.1 Å². The molecule has 2 amide bonds. The molecule has 0 radical (unpaired) electrons. The summed E-state index contributed by atoms with van der Waals surface area (Å²) in [5.74, 6) is -0.309. The summed E-state index contributed by atoms with van der Waals surface area (Å²) in [5, 5.41) is 6.52. The zero-order chi connectivity index (χ0) is 19.2. The third-order valence-corrected chi connectivity index (χ3v) is 5.17. The topological polar surface area (TPSA) is 71.1 Å². The van der Waals surface area contributed by atoms with E-state index in [2.05, 4.69) is 15.6 Å². The van der Waals surface area contributed by atoms with Gasteiger partial charge in [-0.3, -0.25) is 9.59 Å². The third kappa shape index (κ3) is 4.60. The van der Waals surface area contributed by atoms with E-state index in [1.807, 2.05) is 44.2 Å². The summed E-state index contributed by atoms with van der Waals surface area (Å²) in [6, 6.07) is 16.7. The molecule has 0 unspecified atom stereocenters. The molecule has 1 aromatic heterocycles. The molecule has 0 fully saturated rings. The number of carbonyl (C=O) groups is 2. The highest BCUT2D eigenvalue weighted by molar-refractivity contribution is 7.17. The first-order chi connectivity index (χ1) is 13.1. The summed E-state index contributed by atoms with van der Waals surface area (Å²) in [7, 11) is 0. The van der Waals surface area contributed by atoms with Gasteiger partial charge in [-0.25, -0.2) is 4.98 Å². The fourth-order valence-electron chi connectivity index (χ4n) is 2.54. The van der Waals surface area contributed by atoms with E-state index in [4.69, 9.17) is 0 Å². The molecule has 27 heavy (non-hydrogen) atoms. The van der Waals surface area contributed by atoms with Crippen LogP contribution in [0.2, 0.25) is 0 Å². The lowest BCUT2D eigenvalue weighted by atomic mass is 10.2. The number of benzene rings is 2. The highest BCUT2D eigenvalue weighted by Gasteiger charge is 2.16. The predicted octanol–water partition coefficient (Wildman–Crippen LogP) is 4.51. The van der Waals surface area contributed by atoms with Crippen molar-refractivity contribution in [1.82, 2.24) is 10.3 Å². The molecule has 2 N–H and O–H groups in total. The van der Waals surface area contributed by atoms with Gasteiger partial charge in [0.15, 0.2) is 0 Å². The summed E-state index contributed by atoms with van der Waals surface area (Å²) < 4.78 is 0. The van der Waals surface area contributed by atoms with E-state index < -0.39 is 0 Å². The highest BCUT2D eigenvalue weighted by atomic mass is 32.1. The van der Waals surface area contributed by atoms with Gasteiger partial charge in [0.2, 0.25) is 0 Å². The van der Waals surface area contributed by atoms with Gasteiger partial charge in [0, 0.05) is 23.4 Å². The van der Waals surface area contributed by atoms with E-state index in [0.29, 0.717) is 28.4 Å². The molecule has 0 spiro atoms. The van der Waals surface area contributed by atoms with Crippen LogP contribution in [0.15, 0.2) is 54.6 Å². The number of amides is 2. The first-order valence-corrected chi connectivity index (χ1v) is 9.62. The minimum Gasteiger partial charge on any atom is -0.352 e. The lowest BCUT2D eigenvalue weighted by molar-refractivity contribution is 0.0953. The molecule has 138 valence electrons. The van der Waals surface area contributed by atoms with Crippen molar-refractivity contribution in [2.75, 3.05) is 11.9 Å². The van der Waals surface area contributed by atoms with Gasteiger partial charge >= 0.3 is 0 Å². The number of aromatic nitrogens is 1. The Kier molecular flexibility index (Phi) is 5.98. The summed E-state index contributed by atoms with van der Waals surface area (Å²) in [5.41, 5.74) is 2.90. The maximum Gasteiger partial charge on any atom is 0.267 e. The fourth-order valence-corrected chi connectivity index (χ4v) is 3.51. The Morgan fingerprint density at radius 3 is 2.37 bits per heavy atom. The maximum absolute atomic E-state index is 12.6. The molecular formula is C21H21N3O2S. The summed E-state index contributed by atoms with van der Waals surface area (Å²) >= 11 is 1.37. The molecule has 0 aliphatic carbocycles. The molecule has 2 aromatic carbocycles. The molecule has 6 heteroatoms. The number of nitrogens with one attached hydrogen (secondary N) is 2. The number of nitrogens with zero attached hydrogens (tertiary/aromatic N) is 1. The molecular weight excluding hydrogens is 358 g/mol. The van der Waals surface area contributed by atoms with Gasteiger partial charge in [0.05, 0.1) is 5.69 Å². The van der Waals surface area contributed by atoms with E-state index in [1.165, 1.54) is 11.3 Å². The standard InChI is InChI=1S/C21H21N3O2S/c1-3-13-22-19(25)15-9-11-17(12-10-15)24-20(26)18-14(2)23-21(27-18)16-7-5-4-6-8-16/h4-12H,3,13H2,1-2H3,(H,22,25)(H,24,26). The summed E-state index contributed by atoms with van der Waals surface area (Å²) in [6.45, 7) is 4.48. The Labute approximate surface area is 162 Å². The number of anilines is 1. The highest BCUT2D eigenvalue weighted by Crippen LogP contribution is 2.28. The van der Waals surface area contributed by atoms with Gasteiger partial charge in [0.25, 0.3) is 11.8 Å². The minimum atomic E-state index is -0.199. The van der Waals surface area contributed by atoms with Gasteiger partial charge in [-0.2, -0.15) is 0 Å². The quantitative estimate of drug-likeness (QED) is 0.662. The normalized spacial score (nSPS) is 10.4. The molecule has 0 aliphatic heterocycles. The first-order valence-electron chi connectivity index (χ1n) is 8.81. The molecule has 0 bridgehead atoms. The summed E-state index contributed by atoms with van der Waals surface area (Å²) in [4.78, 5) is 29.7. The van der Waals surface area contributed by atoms with Crippen molar-refractivity contribution in [1.29, 1.82) is 0 Å². The zero-order valence-corrected chi connectivity index (χ0v) is 16.1. The maximum atomic E-state index is 12.6. The van der Waals surface area contributed by atoms with Gasteiger partial charge < -0.3 is 10.6 Å². The van der Waals surface area contributed by atoms with E-state index in [-0.39, 0.29) is 11.8 Å². The molecule has 3 rings (SSSR count). The second-order valence-electron chi connectivity index (χ2n) is 6.09. The zero-order valence-electron chi connectivity index (χ0n) is 15.3. The molecule has 0 aliphatic rings. The van der Waals surface area contributed by atoms with Crippen LogP contribution < -0.4 is 10.6 Å². The van der Waals surface area contributed by atoms with Crippen molar-refractivity contribution < 1.29 is 9.59 Å². The SMILES string of the molecule is CCCNC(=O)c1ccc(NC(=O)c2sc(-c3ccccc3)nc2C)cc1. The number of carbonyl (C=O) groups excluding carboxylic acids is 2. The van der Waals surface area contributed by atoms with Crippen molar-refractivity contribution in [3.63, 3.8) is 0 Å². The number of aryl methyl sites for hydroxylation is 1. The average Bonchev–Trinajstić information content (AvgIpc) is 3.09. The van der Waals surface area contributed by atoms with Gasteiger partial charge in [-0.1, -0.05) is 37.3 Å². The van der Waals surface area contributed by atoms with Crippen LogP contribution in [-0.4, -0.2) is 23.3 Å². The molecule has 5 nitrogen and oxygen atoms in total. The number of thiazole rings is 1. The Morgan fingerprint density at radius 1 is 1.00 bits per heavy atom. The first kappa shape index (κ1) is 18.8. The largest absolute Gasteiger partial charge is 0.352 e. The van der Waals surface area contributed by atoms with Gasteiger partial charge in [-0.05, 0) is 37.6 Å². The second kappa shape index (κ2) is 8.60. The Morgan fingerprint density at radius 2 is 1.70 bits per heavy atom. The van der Waals surface area contributed by atoms with Crippen molar-refractivity contribution in [3.8, 4) is 10.6 Å². The van der Waals surface area contributed by atoms with Crippen molar-refractivity contribution in [2.24, 2.45) is 0 Å². The molecule has 3 aromatic rings. The van der Waals surface area contributed by atoms with Crippen LogP contribution in [0.5, 0.6) is 0 Å². The van der Waals surface area contributed by atoms with Crippen molar-refractivity contribution in [3.05, 3.63) is 70.7 Å². The van der Waals surface area contributed by atoms with E-state index in [9.17, 15) is 9.59 Å². The van der Waals surface area contributed by atoms with E-state index in [1.54, 1.807) is 24.3 Å². The van der Waals surface area contributed by atoms with Crippen LogP contribution in [0.3, 0.4) is 0 Å². The Balaban J connectivity index is 1.70. The number of hydrogen-bond acceptors (Lipinski definition) is 4. The lowest BCUT2D eigenvalue weighted by Gasteiger charge is -2.06. The lowest BCUT2D eigenvalue weighted by Crippen LogP contribution is -2.23. The molecule has 0 atom stereocenters. The van der Waals surface area contributed by atoms with Crippen LogP contribution in [0.25, 0.3) is 10.6 Å². The number of rotatable bonds is 6. The molecule has 0 saturated carbocycles. The Bertz CT molecular complexity index is 934. The molecule has 1 heterocycles. The van der Waals surface area contributed by atoms with Gasteiger partial charge in [-0.15, -0.1) is 11.3 Å². The fraction of sp³-hybridized carbons (Fsp3) is 0.190. The van der Waals surface area contributed by atoms with Crippen LogP contribution in [0.4, 0.5) is 5.69 Å².